The lowest BCUT2D eigenvalue weighted by Crippen LogP contribution is -2.06. The van der Waals surface area contributed by atoms with Crippen molar-refractivity contribution in [1.29, 1.82) is 0 Å². The number of aromatic nitrogens is 4. The molecule has 16 heavy (non-hydrogen) atoms. The molecular formula is C11H17N5. The lowest BCUT2D eigenvalue weighted by molar-refractivity contribution is 0.746. The van der Waals surface area contributed by atoms with E-state index in [0.717, 1.165) is 30.2 Å². The molecule has 0 bridgehead atoms. The Balaban J connectivity index is 2.07. The van der Waals surface area contributed by atoms with Gasteiger partial charge >= 0.3 is 0 Å². The Labute approximate surface area is 95.1 Å². The summed E-state index contributed by atoms with van der Waals surface area (Å²) in [5.41, 5.74) is 2.18. The molecule has 5 nitrogen and oxygen atoms in total. The molecule has 0 unspecified atom stereocenters. The fourth-order valence-electron chi connectivity index (χ4n) is 1.68. The minimum Gasteiger partial charge on any atom is -0.375 e. The quantitative estimate of drug-likeness (QED) is 0.844. The molecule has 0 radical (unpaired) electrons. The highest BCUT2D eigenvalue weighted by molar-refractivity contribution is 5.46. The van der Waals surface area contributed by atoms with E-state index in [-0.39, 0.29) is 0 Å². The van der Waals surface area contributed by atoms with Gasteiger partial charge in [0.1, 0.15) is 5.82 Å². The maximum Gasteiger partial charge on any atom is 0.127 e. The van der Waals surface area contributed by atoms with Crippen LogP contribution in [0.1, 0.15) is 18.4 Å². The zero-order valence-electron chi connectivity index (χ0n) is 9.94. The van der Waals surface area contributed by atoms with Gasteiger partial charge in [0, 0.05) is 32.7 Å². The SMILES string of the molecule is CCc1nn(C)cc1NCc1nccn1C. The Morgan fingerprint density at radius 2 is 2.19 bits per heavy atom. The zero-order chi connectivity index (χ0) is 11.5. The summed E-state index contributed by atoms with van der Waals surface area (Å²) in [5.74, 6) is 1.02. The first-order valence-corrected chi connectivity index (χ1v) is 5.43. The Kier molecular flexibility index (Phi) is 2.94. The van der Waals surface area contributed by atoms with Crippen LogP contribution < -0.4 is 5.32 Å². The molecule has 0 saturated heterocycles. The number of hydrogen-bond acceptors (Lipinski definition) is 3. The van der Waals surface area contributed by atoms with Gasteiger partial charge in [-0.3, -0.25) is 4.68 Å². The normalized spacial score (nSPS) is 10.7. The van der Waals surface area contributed by atoms with Gasteiger partial charge in [0.05, 0.1) is 17.9 Å². The number of anilines is 1. The Morgan fingerprint density at radius 3 is 2.81 bits per heavy atom. The van der Waals surface area contributed by atoms with E-state index in [9.17, 15) is 0 Å². The molecule has 2 rings (SSSR count). The minimum atomic E-state index is 0.724. The molecule has 0 amide bonds. The topological polar surface area (TPSA) is 47.7 Å². The number of nitrogens with one attached hydrogen (secondary N) is 1. The van der Waals surface area contributed by atoms with Crippen LogP contribution in [0, 0.1) is 0 Å². The standard InChI is InChI=1S/C11H17N5/c1-4-9-10(8-16(3)14-9)13-7-11-12-5-6-15(11)2/h5-6,8,13H,4,7H2,1-3H3. The van der Waals surface area contributed by atoms with Crippen LogP contribution in [0.5, 0.6) is 0 Å². The highest BCUT2D eigenvalue weighted by atomic mass is 15.3. The second-order valence-electron chi connectivity index (χ2n) is 3.82. The van der Waals surface area contributed by atoms with Crippen LogP contribution in [0.3, 0.4) is 0 Å². The van der Waals surface area contributed by atoms with E-state index < -0.39 is 0 Å². The first-order valence-electron chi connectivity index (χ1n) is 5.43. The number of imidazole rings is 1. The molecule has 2 heterocycles. The van der Waals surface area contributed by atoms with Gasteiger partial charge in [-0.15, -0.1) is 0 Å². The Hall–Kier alpha value is -1.78. The third-order valence-electron chi connectivity index (χ3n) is 2.60. The van der Waals surface area contributed by atoms with E-state index in [1.807, 2.05) is 35.7 Å². The second kappa shape index (κ2) is 4.38. The van der Waals surface area contributed by atoms with E-state index in [4.69, 9.17) is 0 Å². The van der Waals surface area contributed by atoms with E-state index in [1.54, 1.807) is 6.20 Å². The first-order chi connectivity index (χ1) is 7.70. The van der Waals surface area contributed by atoms with Crippen molar-refractivity contribution >= 4 is 5.69 Å². The largest absolute Gasteiger partial charge is 0.375 e. The maximum atomic E-state index is 4.38. The van der Waals surface area contributed by atoms with E-state index in [2.05, 4.69) is 22.3 Å². The smallest absolute Gasteiger partial charge is 0.127 e. The molecule has 86 valence electrons. The fraction of sp³-hybridized carbons (Fsp3) is 0.455. The van der Waals surface area contributed by atoms with Crippen molar-refractivity contribution in [2.45, 2.75) is 19.9 Å². The van der Waals surface area contributed by atoms with Gasteiger partial charge in [-0.1, -0.05) is 6.92 Å². The van der Waals surface area contributed by atoms with Crippen molar-refractivity contribution in [1.82, 2.24) is 19.3 Å². The molecule has 1 N–H and O–H groups in total. The number of aryl methyl sites for hydroxylation is 3. The number of rotatable bonds is 4. The van der Waals surface area contributed by atoms with Crippen LogP contribution >= 0.6 is 0 Å². The molecule has 0 fully saturated rings. The molecule has 0 spiro atoms. The van der Waals surface area contributed by atoms with Gasteiger partial charge in [-0.25, -0.2) is 4.98 Å². The molecule has 0 aromatic carbocycles. The molecule has 0 aliphatic carbocycles. The minimum absolute atomic E-state index is 0.724. The predicted molar refractivity (Wildman–Crippen MR) is 63.1 cm³/mol. The van der Waals surface area contributed by atoms with Gasteiger partial charge in [0.15, 0.2) is 0 Å². The van der Waals surface area contributed by atoms with Crippen LogP contribution in [0.4, 0.5) is 5.69 Å². The van der Waals surface area contributed by atoms with Crippen LogP contribution in [-0.4, -0.2) is 19.3 Å². The molecule has 2 aromatic rings. The highest BCUT2D eigenvalue weighted by Crippen LogP contribution is 2.14. The van der Waals surface area contributed by atoms with Gasteiger partial charge in [0.2, 0.25) is 0 Å². The van der Waals surface area contributed by atoms with Gasteiger partial charge in [-0.05, 0) is 6.42 Å². The number of hydrogen-bond donors (Lipinski definition) is 1. The van der Waals surface area contributed by atoms with E-state index in [1.165, 1.54) is 0 Å². The lowest BCUT2D eigenvalue weighted by Gasteiger charge is -2.05. The van der Waals surface area contributed by atoms with E-state index in [0.29, 0.717) is 0 Å². The molecule has 2 aromatic heterocycles. The van der Waals surface area contributed by atoms with Crippen LogP contribution in [0.2, 0.25) is 0 Å². The molecule has 0 aliphatic heterocycles. The summed E-state index contributed by atoms with van der Waals surface area (Å²) < 4.78 is 3.84. The average Bonchev–Trinajstić information content (AvgIpc) is 2.81. The van der Waals surface area contributed by atoms with Crippen LogP contribution in [0.15, 0.2) is 18.6 Å². The fourth-order valence-corrected chi connectivity index (χ4v) is 1.68. The third kappa shape index (κ3) is 2.08. The predicted octanol–water partition coefficient (Wildman–Crippen LogP) is 1.33. The van der Waals surface area contributed by atoms with Gasteiger partial charge in [0.25, 0.3) is 0 Å². The van der Waals surface area contributed by atoms with E-state index >= 15 is 0 Å². The summed E-state index contributed by atoms with van der Waals surface area (Å²) in [6.45, 7) is 2.83. The molecular weight excluding hydrogens is 202 g/mol. The summed E-state index contributed by atoms with van der Waals surface area (Å²) in [7, 11) is 3.93. The second-order valence-corrected chi connectivity index (χ2v) is 3.82. The zero-order valence-corrected chi connectivity index (χ0v) is 9.94. The van der Waals surface area contributed by atoms with Gasteiger partial charge < -0.3 is 9.88 Å². The van der Waals surface area contributed by atoms with Crippen molar-refractivity contribution < 1.29 is 0 Å². The lowest BCUT2D eigenvalue weighted by atomic mass is 10.3. The van der Waals surface area contributed by atoms with Crippen molar-refractivity contribution in [3.8, 4) is 0 Å². The molecule has 5 heteroatoms. The average molecular weight is 219 g/mol. The monoisotopic (exact) mass is 219 g/mol. The van der Waals surface area contributed by atoms with Crippen molar-refractivity contribution in [2.75, 3.05) is 5.32 Å². The van der Waals surface area contributed by atoms with Crippen molar-refractivity contribution in [3.63, 3.8) is 0 Å². The molecule has 0 aliphatic rings. The summed E-state index contributed by atoms with van der Waals surface area (Å²) in [4.78, 5) is 4.27. The van der Waals surface area contributed by atoms with Crippen molar-refractivity contribution in [2.24, 2.45) is 14.1 Å². The maximum absolute atomic E-state index is 4.38. The van der Waals surface area contributed by atoms with Crippen LogP contribution in [-0.2, 0) is 27.1 Å². The van der Waals surface area contributed by atoms with Crippen LogP contribution in [0.25, 0.3) is 0 Å². The summed E-state index contributed by atoms with van der Waals surface area (Å²) in [6.07, 6.45) is 6.69. The Morgan fingerprint density at radius 1 is 1.38 bits per heavy atom. The van der Waals surface area contributed by atoms with Crippen molar-refractivity contribution in [3.05, 3.63) is 30.1 Å². The highest BCUT2D eigenvalue weighted by Gasteiger charge is 2.06. The summed E-state index contributed by atoms with van der Waals surface area (Å²) in [5, 5.41) is 7.74. The Bertz CT molecular complexity index is 468. The third-order valence-corrected chi connectivity index (χ3v) is 2.60. The summed E-state index contributed by atoms with van der Waals surface area (Å²) >= 11 is 0. The molecule has 0 saturated carbocycles. The summed E-state index contributed by atoms with van der Waals surface area (Å²) in [6, 6.07) is 0. The first kappa shape index (κ1) is 10.7. The molecule has 0 atom stereocenters. The van der Waals surface area contributed by atoms with Gasteiger partial charge in [-0.2, -0.15) is 5.10 Å². The number of nitrogens with zero attached hydrogens (tertiary/aromatic N) is 4.